The van der Waals surface area contributed by atoms with E-state index >= 15 is 0 Å². The molecule has 4 rings (SSSR count). The van der Waals surface area contributed by atoms with E-state index in [0.717, 1.165) is 67.0 Å². The average molecular weight is 443 g/mol. The second-order valence-electron chi connectivity index (χ2n) is 8.27. The van der Waals surface area contributed by atoms with Gasteiger partial charge in [0.2, 0.25) is 0 Å². The predicted molar refractivity (Wildman–Crippen MR) is 122 cm³/mol. The number of nitrogens with zero attached hydrogens (tertiary/aromatic N) is 4. The highest BCUT2D eigenvalue weighted by atomic mass is 16.5. The number of benzene rings is 1. The van der Waals surface area contributed by atoms with Crippen LogP contribution in [-0.4, -0.2) is 53.1 Å². The highest BCUT2D eigenvalue weighted by Gasteiger charge is 2.24. The van der Waals surface area contributed by atoms with Gasteiger partial charge in [0.05, 0.1) is 19.7 Å². The summed E-state index contributed by atoms with van der Waals surface area (Å²) in [6, 6.07) is 4.42. The van der Waals surface area contributed by atoms with Gasteiger partial charge in [-0.3, -0.25) is 0 Å². The molecule has 1 aromatic carbocycles. The Morgan fingerprint density at radius 3 is 3.00 bits per heavy atom. The Labute approximate surface area is 189 Å². The van der Waals surface area contributed by atoms with Crippen LogP contribution in [0, 0.1) is 0 Å². The number of aliphatic imine (C=N–C) groups is 1. The summed E-state index contributed by atoms with van der Waals surface area (Å²) in [5.74, 6) is 4.38. The molecule has 2 unspecified atom stereocenters. The molecule has 1 aromatic heterocycles. The fourth-order valence-electron chi connectivity index (χ4n) is 4.24. The molecule has 2 atom stereocenters. The summed E-state index contributed by atoms with van der Waals surface area (Å²) in [5.41, 5.74) is 2.24. The lowest BCUT2D eigenvalue weighted by Gasteiger charge is -2.25. The molecular weight excluding hydrogens is 408 g/mol. The first-order valence-electron chi connectivity index (χ1n) is 11.5. The maximum absolute atomic E-state index is 5.95. The van der Waals surface area contributed by atoms with Crippen LogP contribution in [0.1, 0.15) is 50.0 Å². The number of methoxy groups -OCH3 is 1. The number of nitrogens with one attached hydrogen (secondary N) is 2. The van der Waals surface area contributed by atoms with Crippen molar-refractivity contribution in [1.29, 1.82) is 0 Å². The number of fused-ring (bicyclic) bond motifs is 2. The Morgan fingerprint density at radius 2 is 2.22 bits per heavy atom. The van der Waals surface area contributed by atoms with E-state index in [1.54, 1.807) is 7.11 Å². The monoisotopic (exact) mass is 442 g/mol. The first-order valence-corrected chi connectivity index (χ1v) is 11.5. The van der Waals surface area contributed by atoms with Crippen LogP contribution in [0.4, 0.5) is 0 Å². The van der Waals surface area contributed by atoms with Crippen molar-refractivity contribution >= 4 is 5.96 Å². The number of hydrogen-bond donors (Lipinski definition) is 2. The average Bonchev–Trinajstić information content (AvgIpc) is 3.33. The zero-order chi connectivity index (χ0) is 22.5. The molecule has 0 radical (unpaired) electrons. The van der Waals surface area contributed by atoms with Crippen molar-refractivity contribution in [3.05, 3.63) is 34.9 Å². The molecule has 174 valence electrons. The van der Waals surface area contributed by atoms with Crippen LogP contribution in [0.15, 0.2) is 17.1 Å². The first-order chi connectivity index (χ1) is 15.6. The van der Waals surface area contributed by atoms with Crippen molar-refractivity contribution in [2.24, 2.45) is 4.99 Å². The molecule has 0 spiro atoms. The number of ether oxygens (including phenoxy) is 3. The summed E-state index contributed by atoms with van der Waals surface area (Å²) >= 11 is 0. The summed E-state index contributed by atoms with van der Waals surface area (Å²) in [6.45, 7) is 9.28. The Morgan fingerprint density at radius 1 is 1.34 bits per heavy atom. The first kappa shape index (κ1) is 22.4. The Kier molecular flexibility index (Phi) is 7.14. The van der Waals surface area contributed by atoms with Gasteiger partial charge in [-0.15, -0.1) is 0 Å². The number of guanidine groups is 1. The fourth-order valence-corrected chi connectivity index (χ4v) is 4.24. The van der Waals surface area contributed by atoms with Crippen LogP contribution in [0.3, 0.4) is 0 Å². The summed E-state index contributed by atoms with van der Waals surface area (Å²) < 4.78 is 19.0. The second kappa shape index (κ2) is 10.2. The molecule has 0 saturated carbocycles. The van der Waals surface area contributed by atoms with Gasteiger partial charge in [0.25, 0.3) is 0 Å². The molecule has 2 aliphatic rings. The lowest BCUT2D eigenvalue weighted by molar-refractivity contribution is 0.177. The quantitative estimate of drug-likeness (QED) is 0.478. The lowest BCUT2D eigenvalue weighted by atomic mass is 10.1. The number of rotatable bonds is 8. The van der Waals surface area contributed by atoms with Crippen LogP contribution in [-0.2, 0) is 37.3 Å². The van der Waals surface area contributed by atoms with Crippen LogP contribution in [0.5, 0.6) is 11.5 Å². The van der Waals surface area contributed by atoms with Gasteiger partial charge < -0.3 is 24.8 Å². The molecule has 2 aromatic rings. The third kappa shape index (κ3) is 5.15. The van der Waals surface area contributed by atoms with Crippen molar-refractivity contribution in [2.75, 3.05) is 20.3 Å². The van der Waals surface area contributed by atoms with E-state index in [9.17, 15) is 0 Å². The molecule has 0 amide bonds. The van der Waals surface area contributed by atoms with Gasteiger partial charge in [-0.2, -0.15) is 5.10 Å². The molecular formula is C23H34N6O3. The van der Waals surface area contributed by atoms with Gasteiger partial charge in [0, 0.05) is 43.7 Å². The number of aryl methyl sites for hydroxylation is 1. The van der Waals surface area contributed by atoms with Gasteiger partial charge in [-0.05, 0) is 39.3 Å². The third-order valence-electron chi connectivity index (χ3n) is 5.65. The van der Waals surface area contributed by atoms with E-state index in [-0.39, 0.29) is 12.1 Å². The second-order valence-corrected chi connectivity index (χ2v) is 8.27. The van der Waals surface area contributed by atoms with E-state index < -0.39 is 0 Å². The van der Waals surface area contributed by atoms with Crippen molar-refractivity contribution in [3.63, 3.8) is 0 Å². The van der Waals surface area contributed by atoms with E-state index in [1.807, 2.05) is 11.6 Å². The molecule has 0 bridgehead atoms. The summed E-state index contributed by atoms with van der Waals surface area (Å²) in [6.07, 6.45) is 2.98. The van der Waals surface area contributed by atoms with Crippen LogP contribution in [0.2, 0.25) is 0 Å². The van der Waals surface area contributed by atoms with Gasteiger partial charge in [0.1, 0.15) is 30.0 Å². The van der Waals surface area contributed by atoms with Crippen molar-refractivity contribution < 1.29 is 14.2 Å². The summed E-state index contributed by atoms with van der Waals surface area (Å²) in [5, 5.41) is 11.5. The van der Waals surface area contributed by atoms with Crippen molar-refractivity contribution in [3.8, 4) is 11.5 Å². The molecule has 0 aliphatic carbocycles. The van der Waals surface area contributed by atoms with Crippen LogP contribution >= 0.6 is 0 Å². The molecule has 0 saturated heterocycles. The molecule has 2 N–H and O–H groups in total. The summed E-state index contributed by atoms with van der Waals surface area (Å²) in [4.78, 5) is 9.40. The minimum Gasteiger partial charge on any atom is -0.494 e. The van der Waals surface area contributed by atoms with Gasteiger partial charge >= 0.3 is 0 Å². The minimum atomic E-state index is 0.203. The molecule has 9 heteroatoms. The normalized spacial score (nSPS) is 19.8. The number of aromatic nitrogens is 3. The third-order valence-corrected chi connectivity index (χ3v) is 5.65. The minimum absolute atomic E-state index is 0.203. The van der Waals surface area contributed by atoms with Gasteiger partial charge in [-0.1, -0.05) is 0 Å². The van der Waals surface area contributed by atoms with E-state index in [0.29, 0.717) is 19.8 Å². The smallest absolute Gasteiger partial charge is 0.191 e. The maximum atomic E-state index is 5.95. The SMILES string of the molecule is CCNC(=NCc1cc2c(cc1OCC)CC(C)O2)NC1CCc2nc(COC)nn2C1. The standard InChI is InChI=1S/C23H34N6O3/c1-5-24-23(26-18-7-8-22-27-21(14-30-4)28-29(22)13-18)25-12-17-11-20-16(9-15(3)32-20)10-19(17)31-6-2/h10-11,15,18H,5-9,12-14H2,1-4H3,(H2,24,25,26). The zero-order valence-electron chi connectivity index (χ0n) is 19.5. The number of hydrogen-bond acceptors (Lipinski definition) is 6. The van der Waals surface area contributed by atoms with E-state index in [4.69, 9.17) is 19.2 Å². The maximum Gasteiger partial charge on any atom is 0.191 e. The predicted octanol–water partition coefficient (Wildman–Crippen LogP) is 2.22. The highest BCUT2D eigenvalue weighted by Crippen LogP contribution is 2.35. The summed E-state index contributed by atoms with van der Waals surface area (Å²) in [7, 11) is 1.66. The molecule has 2 aliphatic heterocycles. The zero-order valence-corrected chi connectivity index (χ0v) is 19.5. The van der Waals surface area contributed by atoms with E-state index in [2.05, 4.69) is 46.7 Å². The highest BCUT2D eigenvalue weighted by molar-refractivity contribution is 5.80. The molecule has 0 fully saturated rings. The molecule has 3 heterocycles. The van der Waals surface area contributed by atoms with E-state index in [1.165, 1.54) is 5.56 Å². The van der Waals surface area contributed by atoms with Crippen molar-refractivity contribution in [1.82, 2.24) is 25.4 Å². The Balaban J connectivity index is 1.46. The molecule has 9 nitrogen and oxygen atoms in total. The molecule has 32 heavy (non-hydrogen) atoms. The Bertz CT molecular complexity index is 957. The van der Waals surface area contributed by atoms with Crippen LogP contribution in [0.25, 0.3) is 0 Å². The van der Waals surface area contributed by atoms with Gasteiger partial charge in [-0.25, -0.2) is 14.7 Å². The topological polar surface area (TPSA) is 94.8 Å². The Hall–Kier alpha value is -2.81. The van der Waals surface area contributed by atoms with Crippen molar-refractivity contribution in [2.45, 2.75) is 71.9 Å². The lowest BCUT2D eigenvalue weighted by Crippen LogP contribution is -2.47. The largest absolute Gasteiger partial charge is 0.494 e. The van der Waals surface area contributed by atoms with Crippen LogP contribution < -0.4 is 20.1 Å². The fraction of sp³-hybridized carbons (Fsp3) is 0.609. The van der Waals surface area contributed by atoms with Gasteiger partial charge in [0.15, 0.2) is 11.8 Å².